The van der Waals surface area contributed by atoms with E-state index in [0.717, 1.165) is 6.54 Å². The number of nitrogens with zero attached hydrogens (tertiary/aromatic N) is 2. The molecule has 0 saturated heterocycles. The van der Waals surface area contributed by atoms with Gasteiger partial charge in [0, 0.05) is 35.4 Å². The van der Waals surface area contributed by atoms with Gasteiger partial charge in [-0.15, -0.1) is 0 Å². The van der Waals surface area contributed by atoms with Gasteiger partial charge in [-0.3, -0.25) is 4.98 Å². The van der Waals surface area contributed by atoms with E-state index < -0.39 is 0 Å². The van der Waals surface area contributed by atoms with Gasteiger partial charge in [-0.1, -0.05) is 11.6 Å². The molecule has 2 nitrogen and oxygen atoms in total. The van der Waals surface area contributed by atoms with Crippen LogP contribution in [0.15, 0.2) is 48.8 Å². The molecule has 0 bridgehead atoms. The van der Waals surface area contributed by atoms with E-state index in [1.807, 2.05) is 18.5 Å². The summed E-state index contributed by atoms with van der Waals surface area (Å²) in [6, 6.07) is 13.0. The highest BCUT2D eigenvalue weighted by molar-refractivity contribution is 5.87. The molecule has 18 heavy (non-hydrogen) atoms. The van der Waals surface area contributed by atoms with Crippen molar-refractivity contribution in [3.63, 3.8) is 0 Å². The Morgan fingerprint density at radius 2 is 2.06 bits per heavy atom. The van der Waals surface area contributed by atoms with E-state index in [2.05, 4.69) is 53.7 Å². The zero-order chi connectivity index (χ0) is 12.5. The lowest BCUT2D eigenvalue weighted by atomic mass is 10.1. The van der Waals surface area contributed by atoms with Crippen LogP contribution in [-0.2, 0) is 6.54 Å². The number of rotatable bonds is 2. The predicted octanol–water partition coefficient (Wildman–Crippen LogP) is 4.03. The maximum atomic E-state index is 4.21. The van der Waals surface area contributed by atoms with Crippen molar-refractivity contribution in [3.8, 4) is 11.3 Å². The lowest BCUT2D eigenvalue weighted by Gasteiger charge is -2.07. The Morgan fingerprint density at radius 1 is 1.17 bits per heavy atom. The maximum Gasteiger partial charge on any atom is 0.0506 e. The first kappa shape index (κ1) is 11.0. The van der Waals surface area contributed by atoms with E-state index in [1.165, 1.54) is 27.7 Å². The Hall–Kier alpha value is -2.09. The van der Waals surface area contributed by atoms with Gasteiger partial charge in [-0.2, -0.15) is 0 Å². The van der Waals surface area contributed by atoms with Crippen molar-refractivity contribution in [1.29, 1.82) is 0 Å². The van der Waals surface area contributed by atoms with Gasteiger partial charge in [-0.05, 0) is 44.2 Å². The van der Waals surface area contributed by atoms with Crippen LogP contribution >= 0.6 is 0 Å². The van der Waals surface area contributed by atoms with Crippen LogP contribution in [0.5, 0.6) is 0 Å². The first-order valence-electron chi connectivity index (χ1n) is 6.30. The molecule has 0 aliphatic carbocycles. The van der Waals surface area contributed by atoms with Crippen LogP contribution in [0.3, 0.4) is 0 Å². The van der Waals surface area contributed by atoms with Gasteiger partial charge in [0.15, 0.2) is 0 Å². The monoisotopic (exact) mass is 236 g/mol. The molecule has 0 spiro atoms. The number of hydrogen-bond donors (Lipinski definition) is 0. The standard InChI is InChI=1S/C16H16N2/c1-3-18-15-7-6-12(2)9-14(15)10-16(18)13-5-4-8-17-11-13/h4-11H,3H2,1-2H3. The second-order valence-electron chi connectivity index (χ2n) is 4.58. The number of hydrogen-bond acceptors (Lipinski definition) is 1. The second-order valence-corrected chi connectivity index (χ2v) is 4.58. The van der Waals surface area contributed by atoms with Crippen molar-refractivity contribution in [2.75, 3.05) is 0 Å². The quantitative estimate of drug-likeness (QED) is 0.656. The minimum absolute atomic E-state index is 0.969. The molecule has 3 aromatic rings. The second kappa shape index (κ2) is 4.30. The minimum atomic E-state index is 0.969. The van der Waals surface area contributed by atoms with E-state index >= 15 is 0 Å². The van der Waals surface area contributed by atoms with Crippen molar-refractivity contribution >= 4 is 10.9 Å². The summed E-state index contributed by atoms with van der Waals surface area (Å²) in [7, 11) is 0. The molecular formula is C16H16N2. The fourth-order valence-corrected chi connectivity index (χ4v) is 2.48. The summed E-state index contributed by atoms with van der Waals surface area (Å²) in [6.45, 7) is 5.28. The summed E-state index contributed by atoms with van der Waals surface area (Å²) in [5, 5.41) is 1.30. The van der Waals surface area contributed by atoms with Crippen LogP contribution in [0.1, 0.15) is 12.5 Å². The average molecular weight is 236 g/mol. The Balaban J connectivity index is 2.29. The van der Waals surface area contributed by atoms with E-state index in [-0.39, 0.29) is 0 Å². The molecule has 0 aliphatic heterocycles. The smallest absolute Gasteiger partial charge is 0.0506 e. The fraction of sp³-hybridized carbons (Fsp3) is 0.188. The summed E-state index contributed by atoms with van der Waals surface area (Å²) >= 11 is 0. The highest BCUT2D eigenvalue weighted by Gasteiger charge is 2.09. The first-order valence-corrected chi connectivity index (χ1v) is 6.30. The molecule has 2 heterocycles. The lowest BCUT2D eigenvalue weighted by Crippen LogP contribution is -1.96. The zero-order valence-electron chi connectivity index (χ0n) is 10.7. The van der Waals surface area contributed by atoms with Gasteiger partial charge in [0.25, 0.3) is 0 Å². The number of pyridine rings is 1. The molecule has 0 fully saturated rings. The molecule has 3 rings (SSSR count). The molecule has 0 aliphatic rings. The third-order valence-corrected chi connectivity index (χ3v) is 3.33. The van der Waals surface area contributed by atoms with Crippen molar-refractivity contribution in [3.05, 3.63) is 54.4 Å². The Kier molecular flexibility index (Phi) is 2.63. The van der Waals surface area contributed by atoms with Gasteiger partial charge in [0.05, 0.1) is 5.69 Å². The third kappa shape index (κ3) is 1.70. The zero-order valence-corrected chi connectivity index (χ0v) is 10.7. The molecule has 0 radical (unpaired) electrons. The molecule has 90 valence electrons. The van der Waals surface area contributed by atoms with Crippen molar-refractivity contribution in [2.45, 2.75) is 20.4 Å². The highest BCUT2D eigenvalue weighted by Crippen LogP contribution is 2.28. The predicted molar refractivity (Wildman–Crippen MR) is 75.6 cm³/mol. The molecule has 0 atom stereocenters. The third-order valence-electron chi connectivity index (χ3n) is 3.33. The van der Waals surface area contributed by atoms with E-state index in [9.17, 15) is 0 Å². The van der Waals surface area contributed by atoms with E-state index in [0.29, 0.717) is 0 Å². The number of fused-ring (bicyclic) bond motifs is 1. The largest absolute Gasteiger partial charge is 0.341 e. The molecule has 0 amide bonds. The van der Waals surface area contributed by atoms with Gasteiger partial charge >= 0.3 is 0 Å². The van der Waals surface area contributed by atoms with Gasteiger partial charge in [0.2, 0.25) is 0 Å². The number of aryl methyl sites for hydroxylation is 2. The van der Waals surface area contributed by atoms with Crippen LogP contribution in [0.4, 0.5) is 0 Å². The Morgan fingerprint density at radius 3 is 2.78 bits per heavy atom. The topological polar surface area (TPSA) is 17.8 Å². The minimum Gasteiger partial charge on any atom is -0.341 e. The van der Waals surface area contributed by atoms with Crippen LogP contribution in [0.2, 0.25) is 0 Å². The van der Waals surface area contributed by atoms with Crippen LogP contribution in [-0.4, -0.2) is 9.55 Å². The molecule has 1 aromatic carbocycles. The number of benzene rings is 1. The first-order chi connectivity index (χ1) is 8.79. The van der Waals surface area contributed by atoms with Crippen LogP contribution < -0.4 is 0 Å². The number of aromatic nitrogens is 2. The van der Waals surface area contributed by atoms with E-state index in [1.54, 1.807) is 0 Å². The van der Waals surface area contributed by atoms with Gasteiger partial charge < -0.3 is 4.57 Å². The summed E-state index contributed by atoms with van der Waals surface area (Å²) < 4.78 is 2.34. The molecule has 0 saturated carbocycles. The molecule has 0 unspecified atom stereocenters. The van der Waals surface area contributed by atoms with E-state index in [4.69, 9.17) is 0 Å². The van der Waals surface area contributed by atoms with Crippen LogP contribution in [0.25, 0.3) is 22.2 Å². The fourth-order valence-electron chi connectivity index (χ4n) is 2.48. The molecular weight excluding hydrogens is 220 g/mol. The van der Waals surface area contributed by atoms with Crippen molar-refractivity contribution in [2.24, 2.45) is 0 Å². The SMILES string of the molecule is CCn1c(-c2cccnc2)cc2cc(C)ccc21. The molecule has 0 N–H and O–H groups in total. The van der Waals surface area contributed by atoms with Crippen molar-refractivity contribution in [1.82, 2.24) is 9.55 Å². The van der Waals surface area contributed by atoms with Gasteiger partial charge in [0.1, 0.15) is 0 Å². The molecule has 2 aromatic heterocycles. The normalized spacial score (nSPS) is 11.0. The van der Waals surface area contributed by atoms with Gasteiger partial charge in [-0.25, -0.2) is 0 Å². The molecule has 2 heteroatoms. The van der Waals surface area contributed by atoms with Crippen molar-refractivity contribution < 1.29 is 0 Å². The summed E-state index contributed by atoms with van der Waals surface area (Å²) in [5.41, 5.74) is 5.01. The summed E-state index contributed by atoms with van der Waals surface area (Å²) in [5.74, 6) is 0. The Labute approximate surface area is 107 Å². The van der Waals surface area contributed by atoms with Crippen LogP contribution in [0, 0.1) is 6.92 Å². The summed E-state index contributed by atoms with van der Waals surface area (Å²) in [4.78, 5) is 4.21. The average Bonchev–Trinajstić information content (AvgIpc) is 2.77. The highest BCUT2D eigenvalue weighted by atomic mass is 15.0. The lowest BCUT2D eigenvalue weighted by molar-refractivity contribution is 0.805. The maximum absolute atomic E-state index is 4.21. The summed E-state index contributed by atoms with van der Waals surface area (Å²) in [6.07, 6.45) is 3.74. The Bertz CT molecular complexity index is 681.